The van der Waals surface area contributed by atoms with Crippen molar-refractivity contribution in [2.24, 2.45) is 0 Å². The molecule has 1 aromatic heterocycles. The van der Waals surface area contributed by atoms with Gasteiger partial charge in [-0.3, -0.25) is 4.79 Å². The third kappa shape index (κ3) is 2.77. The largest absolute Gasteiger partial charge is 0.303 e. The van der Waals surface area contributed by atoms with Gasteiger partial charge in [0, 0.05) is 23.4 Å². The summed E-state index contributed by atoms with van der Waals surface area (Å²) in [6.07, 6.45) is 3.60. The fraction of sp³-hybridized carbons (Fsp3) is 0.364. The first kappa shape index (κ1) is 14.1. The molecule has 1 saturated heterocycles. The number of thioether (sulfide) groups is 1. The summed E-state index contributed by atoms with van der Waals surface area (Å²) in [5.41, 5.74) is 0. The van der Waals surface area contributed by atoms with Crippen molar-refractivity contribution >= 4 is 39.2 Å². The number of carbonyl (C=O) groups excluding carboxylic acids is 1. The fourth-order valence-corrected chi connectivity index (χ4v) is 4.95. The van der Waals surface area contributed by atoms with E-state index in [0.717, 1.165) is 10.6 Å². The van der Waals surface area contributed by atoms with Gasteiger partial charge < -0.3 is 4.90 Å². The summed E-state index contributed by atoms with van der Waals surface area (Å²) < 4.78 is 28.7. The molecule has 2 aliphatic rings. The number of amides is 1. The van der Waals surface area contributed by atoms with Gasteiger partial charge in [-0.15, -0.1) is 23.1 Å². The van der Waals surface area contributed by atoms with Crippen molar-refractivity contribution in [2.75, 3.05) is 5.75 Å². The summed E-state index contributed by atoms with van der Waals surface area (Å²) in [7, 11) is -3.68. The predicted octanol–water partition coefficient (Wildman–Crippen LogP) is 0.470. The topological polar surface area (TPSA) is 78.5 Å². The Morgan fingerprint density at radius 1 is 1.45 bits per heavy atom. The number of β-lactam (4-membered cyclic amide) rings is 1. The van der Waals surface area contributed by atoms with Crippen LogP contribution in [0, 0.1) is 0 Å². The van der Waals surface area contributed by atoms with Crippen molar-refractivity contribution < 1.29 is 13.2 Å². The highest BCUT2D eigenvalue weighted by Gasteiger charge is 2.49. The molecule has 108 valence electrons. The Kier molecular flexibility index (Phi) is 3.87. The normalized spacial score (nSPS) is 25.4. The minimum atomic E-state index is -3.68. The number of rotatable bonds is 5. The summed E-state index contributed by atoms with van der Waals surface area (Å²) in [6, 6.07) is 3.04. The van der Waals surface area contributed by atoms with E-state index in [1.165, 1.54) is 11.3 Å². The number of nitrogens with zero attached hydrogens (tertiary/aromatic N) is 1. The first-order valence-electron chi connectivity index (χ1n) is 5.96. The predicted molar refractivity (Wildman–Crippen MR) is 79.2 cm³/mol. The van der Waals surface area contributed by atoms with Gasteiger partial charge in [-0.25, -0.2) is 0 Å². The molecule has 2 N–H and O–H groups in total. The van der Waals surface area contributed by atoms with E-state index in [1.54, 1.807) is 22.9 Å². The molecule has 6 nitrogen and oxygen atoms in total. The van der Waals surface area contributed by atoms with E-state index in [4.69, 9.17) is 0 Å². The molecule has 0 aromatic carbocycles. The van der Waals surface area contributed by atoms with Gasteiger partial charge in [0.15, 0.2) is 0 Å². The summed E-state index contributed by atoms with van der Waals surface area (Å²) in [5, 5.41) is 1.75. The van der Waals surface area contributed by atoms with Crippen molar-refractivity contribution in [3.8, 4) is 0 Å². The number of carbonyl (C=O) groups is 1. The molecule has 3 rings (SSSR count). The van der Waals surface area contributed by atoms with Crippen molar-refractivity contribution in [3.63, 3.8) is 0 Å². The molecule has 2 atom stereocenters. The van der Waals surface area contributed by atoms with Gasteiger partial charge in [-0.05, 0) is 11.4 Å². The zero-order valence-corrected chi connectivity index (χ0v) is 12.8. The first-order chi connectivity index (χ1) is 9.57. The molecular formula is C11H13N3O3S3. The minimum absolute atomic E-state index is 0.134. The van der Waals surface area contributed by atoms with Crippen molar-refractivity contribution in [2.45, 2.75) is 18.0 Å². The lowest BCUT2D eigenvalue weighted by molar-refractivity contribution is -0.140. The molecule has 1 fully saturated rings. The lowest BCUT2D eigenvalue weighted by Gasteiger charge is -2.46. The van der Waals surface area contributed by atoms with Crippen LogP contribution in [0.25, 0.3) is 0 Å². The van der Waals surface area contributed by atoms with Crippen LogP contribution in [0.4, 0.5) is 0 Å². The van der Waals surface area contributed by atoms with Crippen molar-refractivity contribution in [1.29, 1.82) is 0 Å². The average Bonchev–Trinajstić information content (AvgIpc) is 2.96. The number of nitrogens with one attached hydrogen (secondary N) is 2. The Labute approximate surface area is 125 Å². The maximum absolute atomic E-state index is 11.9. The van der Waals surface area contributed by atoms with Gasteiger partial charge in [-0.1, -0.05) is 12.1 Å². The summed E-state index contributed by atoms with van der Waals surface area (Å²) in [6.45, 7) is 0.231. The lowest BCUT2D eigenvalue weighted by Crippen LogP contribution is -2.68. The molecule has 0 aliphatic carbocycles. The smallest absolute Gasteiger partial charge is 0.278 e. The Morgan fingerprint density at radius 2 is 2.30 bits per heavy atom. The van der Waals surface area contributed by atoms with E-state index in [2.05, 4.69) is 9.44 Å². The summed E-state index contributed by atoms with van der Waals surface area (Å²) in [4.78, 5) is 14.3. The van der Waals surface area contributed by atoms with Gasteiger partial charge in [-0.2, -0.15) is 17.9 Å². The standard InChI is InChI=1S/C11H13N3O3S3/c15-10-9(11-14(10)4-2-6-19-11)13-20(16,17)12-7-8-3-1-5-18-8/h1-5,9,11-13H,6-7H2/t9?,11-/m1/s1. The van der Waals surface area contributed by atoms with Gasteiger partial charge in [0.1, 0.15) is 11.4 Å². The fourth-order valence-electron chi connectivity index (χ4n) is 2.03. The Bertz CT molecular complexity index is 627. The molecule has 0 spiro atoms. The van der Waals surface area contributed by atoms with Crippen LogP contribution in [0.2, 0.25) is 0 Å². The number of hydrogen-bond acceptors (Lipinski definition) is 5. The molecule has 3 heterocycles. The maximum Gasteiger partial charge on any atom is 0.278 e. The molecule has 9 heteroatoms. The molecule has 0 radical (unpaired) electrons. The first-order valence-corrected chi connectivity index (χ1v) is 9.38. The molecule has 1 unspecified atom stereocenters. The van der Waals surface area contributed by atoms with Crippen LogP contribution in [0.15, 0.2) is 29.8 Å². The van der Waals surface area contributed by atoms with Crippen LogP contribution in [0.5, 0.6) is 0 Å². The van der Waals surface area contributed by atoms with Crippen molar-refractivity contribution in [3.05, 3.63) is 34.7 Å². The number of hydrogen-bond donors (Lipinski definition) is 2. The molecule has 20 heavy (non-hydrogen) atoms. The van der Waals surface area contributed by atoms with E-state index < -0.39 is 16.3 Å². The molecule has 0 bridgehead atoms. The van der Waals surface area contributed by atoms with Crippen LogP contribution < -0.4 is 9.44 Å². The van der Waals surface area contributed by atoms with Gasteiger partial charge in [0.05, 0.1) is 0 Å². The van der Waals surface area contributed by atoms with Crippen LogP contribution in [0.1, 0.15) is 4.88 Å². The third-order valence-electron chi connectivity index (χ3n) is 3.01. The van der Waals surface area contributed by atoms with Crippen molar-refractivity contribution in [1.82, 2.24) is 14.3 Å². The highest BCUT2D eigenvalue weighted by Crippen LogP contribution is 2.33. The van der Waals surface area contributed by atoms with Crippen LogP contribution in [-0.2, 0) is 21.5 Å². The molecule has 0 saturated carbocycles. The molecule has 1 amide bonds. The summed E-state index contributed by atoms with van der Waals surface area (Å²) in [5.74, 6) is 0.579. The second kappa shape index (κ2) is 5.49. The highest BCUT2D eigenvalue weighted by molar-refractivity contribution is 8.00. The van der Waals surface area contributed by atoms with E-state index in [0.29, 0.717) is 0 Å². The number of fused-ring (bicyclic) bond motifs is 1. The lowest BCUT2D eigenvalue weighted by atomic mass is 10.1. The Balaban J connectivity index is 1.59. The van der Waals surface area contributed by atoms with Gasteiger partial charge in [0.2, 0.25) is 5.91 Å². The zero-order chi connectivity index (χ0) is 14.2. The average molecular weight is 331 g/mol. The second-order valence-electron chi connectivity index (χ2n) is 4.35. The van der Waals surface area contributed by atoms with E-state index in [9.17, 15) is 13.2 Å². The highest BCUT2D eigenvalue weighted by atomic mass is 32.2. The third-order valence-corrected chi connectivity index (χ3v) is 6.20. The van der Waals surface area contributed by atoms with E-state index in [-0.39, 0.29) is 17.8 Å². The Hall–Kier alpha value is -0.870. The zero-order valence-electron chi connectivity index (χ0n) is 10.4. The van der Waals surface area contributed by atoms with Crippen LogP contribution in [-0.4, -0.2) is 36.4 Å². The monoisotopic (exact) mass is 331 g/mol. The Morgan fingerprint density at radius 3 is 3.05 bits per heavy atom. The van der Waals surface area contributed by atoms with Crippen LogP contribution in [0.3, 0.4) is 0 Å². The molecule has 1 aromatic rings. The quantitative estimate of drug-likeness (QED) is 0.769. The van der Waals surface area contributed by atoms with Gasteiger partial charge >= 0.3 is 0 Å². The maximum atomic E-state index is 11.9. The second-order valence-corrected chi connectivity index (χ2v) is 8.07. The number of thiophene rings is 1. The van der Waals surface area contributed by atoms with Gasteiger partial charge in [0.25, 0.3) is 10.2 Å². The minimum Gasteiger partial charge on any atom is -0.303 e. The van der Waals surface area contributed by atoms with E-state index >= 15 is 0 Å². The van der Waals surface area contributed by atoms with Crippen LogP contribution >= 0.6 is 23.1 Å². The SMILES string of the molecule is O=C1C(NS(=O)(=O)NCc2cccs2)[C@H]2SCC=CN12. The summed E-state index contributed by atoms with van der Waals surface area (Å²) >= 11 is 3.02. The molecular weight excluding hydrogens is 318 g/mol. The van der Waals surface area contributed by atoms with E-state index in [1.807, 2.05) is 23.6 Å². The molecule has 2 aliphatic heterocycles.